The first-order valence-electron chi connectivity index (χ1n) is 16.6. The molecule has 0 aromatic carbocycles. The van der Waals surface area contributed by atoms with Crippen molar-refractivity contribution < 1.29 is 29.7 Å². The van der Waals surface area contributed by atoms with Gasteiger partial charge in [0.1, 0.15) is 18.0 Å². The molecule has 0 unspecified atom stereocenters. The van der Waals surface area contributed by atoms with Gasteiger partial charge in [0.2, 0.25) is 0 Å². The number of rotatable bonds is 4. The van der Waals surface area contributed by atoms with E-state index in [2.05, 4.69) is 35.6 Å². The number of Topliss-reactive ketones (excluding diaryl/α,β-unsaturated/α-hetero) is 2. The van der Waals surface area contributed by atoms with Crippen LogP contribution in [0.5, 0.6) is 0 Å². The third-order valence-corrected chi connectivity index (χ3v) is 12.9. The number of likely N-dealkylation sites (tertiary alicyclic amines) is 1. The molecule has 6 fully saturated rings. The average molecular weight is 590 g/mol. The molecule has 10 atom stereocenters. The summed E-state index contributed by atoms with van der Waals surface area (Å²) in [7, 11) is 2.21. The summed E-state index contributed by atoms with van der Waals surface area (Å²) in [5, 5.41) is 30.7. The lowest BCUT2D eigenvalue weighted by Gasteiger charge is -2.62. The van der Waals surface area contributed by atoms with Gasteiger partial charge in [-0.2, -0.15) is 0 Å². The number of fused-ring (bicyclic) bond motifs is 5. The maximum Gasteiger partial charge on any atom is 0.310 e. The van der Waals surface area contributed by atoms with Gasteiger partial charge in [-0.05, 0) is 93.4 Å². The number of aliphatic hydroxyl groups is 2. The molecule has 4 saturated carbocycles. The molecule has 6 aliphatic rings. The predicted octanol–water partition coefficient (Wildman–Crippen LogP) is 2.67. The molecule has 2 saturated heterocycles. The van der Waals surface area contributed by atoms with Gasteiger partial charge in [-0.25, -0.2) is 0 Å². The summed E-state index contributed by atoms with van der Waals surface area (Å²) >= 11 is 0. The van der Waals surface area contributed by atoms with Gasteiger partial charge in [0.05, 0.1) is 12.2 Å². The molecule has 238 valence electrons. The first-order valence-corrected chi connectivity index (χ1v) is 16.6. The second kappa shape index (κ2) is 12.5. The Balaban J connectivity index is 0.000000451. The lowest BCUT2D eigenvalue weighted by atomic mass is 9.44. The number of piperazine rings is 1. The minimum atomic E-state index is -1.06. The number of likely N-dealkylation sites (N-methyl/N-ethyl adjacent to an activating group) is 1. The van der Waals surface area contributed by atoms with E-state index in [-0.39, 0.29) is 41.3 Å². The summed E-state index contributed by atoms with van der Waals surface area (Å²) in [4.78, 5) is 38.8. The van der Waals surface area contributed by atoms with E-state index in [1.165, 1.54) is 32.6 Å². The molecule has 3 N–H and O–H groups in total. The van der Waals surface area contributed by atoms with Gasteiger partial charge in [-0.1, -0.05) is 13.8 Å². The number of ketones is 2. The van der Waals surface area contributed by atoms with Crippen molar-refractivity contribution in [1.82, 2.24) is 14.7 Å². The van der Waals surface area contributed by atoms with Crippen molar-refractivity contribution in [3.63, 3.8) is 0 Å². The van der Waals surface area contributed by atoms with Gasteiger partial charge in [-0.15, -0.1) is 0 Å². The Hall–Kier alpha value is -1.39. The van der Waals surface area contributed by atoms with Crippen LogP contribution in [0.15, 0.2) is 0 Å². The number of carboxylic acids is 1. The quantitative estimate of drug-likeness (QED) is 0.425. The highest BCUT2D eigenvalue weighted by atomic mass is 16.4. The summed E-state index contributed by atoms with van der Waals surface area (Å²) in [5.41, 5.74) is 0.325. The smallest absolute Gasteiger partial charge is 0.310 e. The molecule has 9 heteroatoms. The second-order valence-corrected chi connectivity index (χ2v) is 15.2. The van der Waals surface area contributed by atoms with Crippen molar-refractivity contribution >= 4 is 17.5 Å². The number of carbonyl (C=O) groups is 3. The van der Waals surface area contributed by atoms with E-state index >= 15 is 0 Å². The molecule has 0 radical (unpaired) electrons. The normalized spacial score (nSPS) is 44.8. The summed E-state index contributed by atoms with van der Waals surface area (Å²) < 4.78 is 0. The minimum Gasteiger partial charge on any atom is -0.481 e. The zero-order valence-electron chi connectivity index (χ0n) is 26.3. The van der Waals surface area contributed by atoms with E-state index in [1.807, 2.05) is 0 Å². The molecule has 9 nitrogen and oxygen atoms in total. The Labute approximate surface area is 252 Å². The van der Waals surface area contributed by atoms with Gasteiger partial charge in [0, 0.05) is 64.2 Å². The topological polar surface area (TPSA) is 122 Å². The van der Waals surface area contributed by atoms with Crippen molar-refractivity contribution in [3.8, 4) is 0 Å². The molecule has 0 bridgehead atoms. The van der Waals surface area contributed by atoms with Crippen molar-refractivity contribution in [2.24, 2.45) is 34.5 Å². The van der Waals surface area contributed by atoms with Gasteiger partial charge < -0.3 is 20.2 Å². The standard InChI is InChI=1S/C29H49N3O3.C4H6O3/c1-28-9-6-22-21(23(28)17-24(27(28)35)32-14-12-30(3)13-15-32)5-4-19-16-26(34)25(18-29(19,22)2)31-10-7-20(33)8-11-31;1-3(5)2-4(6)7/h19,21-27,34-35H,4-18H2,1-3H3;2H2,1H3,(H,6,7)/t19-,21+,22-,23-,24-,25-,26-,27-,28-,29-;/m0./s1. The SMILES string of the molecule is CC(=O)CC(=O)O.CN1CCN([C@H]2C[C@H]3[C@@H]4CC[C@H]5C[C@H](O)[C@@H](N6CCC(=O)CC6)C[C@]5(C)[C@H]4CC[C@]3(C)[C@H]2O)CC1. The molecular formula is C33H55N3O6. The highest BCUT2D eigenvalue weighted by molar-refractivity contribution is 5.93. The van der Waals surface area contributed by atoms with Crippen LogP contribution in [0.1, 0.15) is 85.0 Å². The first kappa shape index (κ1) is 32.0. The highest BCUT2D eigenvalue weighted by Crippen LogP contribution is 2.66. The lowest BCUT2D eigenvalue weighted by molar-refractivity contribution is -0.156. The molecule has 6 rings (SSSR count). The largest absolute Gasteiger partial charge is 0.481 e. The Kier molecular flexibility index (Phi) is 9.56. The van der Waals surface area contributed by atoms with Crippen molar-refractivity contribution in [2.75, 3.05) is 46.3 Å². The van der Waals surface area contributed by atoms with Crippen molar-refractivity contribution in [1.29, 1.82) is 0 Å². The maximum atomic E-state index is 11.9. The molecule has 42 heavy (non-hydrogen) atoms. The number of hydrogen-bond acceptors (Lipinski definition) is 8. The molecular weight excluding hydrogens is 534 g/mol. The van der Waals surface area contributed by atoms with Gasteiger partial charge >= 0.3 is 5.97 Å². The van der Waals surface area contributed by atoms with Crippen LogP contribution in [0, 0.1) is 34.5 Å². The van der Waals surface area contributed by atoms with Crippen molar-refractivity contribution in [2.45, 2.75) is 109 Å². The van der Waals surface area contributed by atoms with E-state index in [0.29, 0.717) is 48.3 Å². The molecule has 0 spiro atoms. The number of hydrogen-bond donors (Lipinski definition) is 3. The summed E-state index contributed by atoms with van der Waals surface area (Å²) in [6.45, 7) is 12.3. The van der Waals surface area contributed by atoms with Crippen LogP contribution in [0.25, 0.3) is 0 Å². The number of carboxylic acid groups (broad SMARTS) is 1. The van der Waals surface area contributed by atoms with Crippen LogP contribution in [-0.4, -0.2) is 118 Å². The Morgan fingerprint density at radius 3 is 2.10 bits per heavy atom. The molecule has 0 aromatic heterocycles. The molecule has 0 aromatic rings. The van der Waals surface area contributed by atoms with Crippen LogP contribution in [0.2, 0.25) is 0 Å². The second-order valence-electron chi connectivity index (χ2n) is 15.2. The Morgan fingerprint density at radius 2 is 1.50 bits per heavy atom. The fourth-order valence-electron chi connectivity index (χ4n) is 10.5. The van der Waals surface area contributed by atoms with Crippen molar-refractivity contribution in [3.05, 3.63) is 0 Å². The highest BCUT2D eigenvalue weighted by Gasteiger charge is 2.63. The lowest BCUT2D eigenvalue weighted by Crippen LogP contribution is -2.60. The molecule has 0 amide bonds. The zero-order valence-corrected chi connectivity index (χ0v) is 26.3. The summed E-state index contributed by atoms with van der Waals surface area (Å²) in [5.74, 6) is 1.66. The fraction of sp³-hybridized carbons (Fsp3) is 0.909. The van der Waals surface area contributed by atoms with Crippen LogP contribution >= 0.6 is 0 Å². The summed E-state index contributed by atoms with van der Waals surface area (Å²) in [6, 6.07) is 0.540. The average Bonchev–Trinajstić information content (AvgIpc) is 3.20. The van der Waals surface area contributed by atoms with E-state index in [4.69, 9.17) is 5.11 Å². The van der Waals surface area contributed by atoms with Gasteiger partial charge in [0.25, 0.3) is 0 Å². The number of carbonyl (C=O) groups excluding carboxylic acids is 2. The monoisotopic (exact) mass is 589 g/mol. The fourth-order valence-corrected chi connectivity index (χ4v) is 10.5. The Bertz CT molecular complexity index is 994. The third kappa shape index (κ3) is 6.10. The summed E-state index contributed by atoms with van der Waals surface area (Å²) in [6.07, 6.45) is 8.59. The number of nitrogens with zero attached hydrogens (tertiary/aromatic N) is 3. The number of piperidine rings is 1. The molecule has 4 aliphatic carbocycles. The van der Waals surface area contributed by atoms with Crippen LogP contribution < -0.4 is 0 Å². The molecule has 2 aliphatic heterocycles. The Morgan fingerprint density at radius 1 is 0.857 bits per heavy atom. The van der Waals surface area contributed by atoms with Crippen LogP contribution in [0.3, 0.4) is 0 Å². The zero-order chi connectivity index (χ0) is 30.4. The molecule has 2 heterocycles. The van der Waals surface area contributed by atoms with E-state index < -0.39 is 5.97 Å². The first-order chi connectivity index (χ1) is 19.8. The number of aliphatic carboxylic acids is 1. The van der Waals surface area contributed by atoms with E-state index in [9.17, 15) is 24.6 Å². The van der Waals surface area contributed by atoms with Gasteiger partial charge in [-0.3, -0.25) is 24.2 Å². The van der Waals surface area contributed by atoms with Crippen LogP contribution in [-0.2, 0) is 14.4 Å². The minimum absolute atomic E-state index is 0.0548. The maximum absolute atomic E-state index is 11.9. The number of aliphatic hydroxyl groups excluding tert-OH is 2. The van der Waals surface area contributed by atoms with E-state index in [1.54, 1.807) is 0 Å². The van der Waals surface area contributed by atoms with E-state index in [0.717, 1.165) is 58.5 Å². The van der Waals surface area contributed by atoms with Gasteiger partial charge in [0.15, 0.2) is 0 Å². The van der Waals surface area contributed by atoms with Crippen LogP contribution in [0.4, 0.5) is 0 Å². The third-order valence-electron chi connectivity index (χ3n) is 12.9. The predicted molar refractivity (Wildman–Crippen MR) is 160 cm³/mol.